The molecule has 0 bridgehead atoms. The number of hydrogen-bond donors (Lipinski definition) is 2. The summed E-state index contributed by atoms with van der Waals surface area (Å²) in [6.45, 7) is 0.953. The van der Waals surface area contributed by atoms with Crippen LogP contribution in [-0.2, 0) is 11.2 Å². The highest BCUT2D eigenvalue weighted by Crippen LogP contribution is 2.27. The smallest absolute Gasteiger partial charge is 0.226 e. The van der Waals surface area contributed by atoms with E-state index in [9.17, 15) is 4.79 Å². The fourth-order valence-corrected chi connectivity index (χ4v) is 3.58. The molecular formula is C15H20N2O2S2. The highest BCUT2D eigenvalue weighted by atomic mass is 32.1. The molecule has 0 unspecified atom stereocenters. The van der Waals surface area contributed by atoms with Crippen molar-refractivity contribution in [2.45, 2.75) is 32.1 Å². The van der Waals surface area contributed by atoms with Gasteiger partial charge in [0.2, 0.25) is 5.91 Å². The molecule has 114 valence electrons. The first-order valence-corrected chi connectivity index (χ1v) is 8.91. The molecule has 0 radical (unpaired) electrons. The van der Waals surface area contributed by atoms with Crippen molar-refractivity contribution in [1.29, 1.82) is 0 Å². The van der Waals surface area contributed by atoms with Crippen molar-refractivity contribution < 1.29 is 9.90 Å². The third-order valence-corrected chi connectivity index (χ3v) is 4.96. The Hall–Kier alpha value is -1.24. The normalized spacial score (nSPS) is 10.7. The molecule has 6 heteroatoms. The number of carbonyl (C=O) groups is 1. The van der Waals surface area contributed by atoms with Crippen LogP contribution in [0, 0.1) is 0 Å². The third-order valence-electron chi connectivity index (χ3n) is 3.03. The van der Waals surface area contributed by atoms with Crippen molar-refractivity contribution in [3.8, 4) is 9.88 Å². The van der Waals surface area contributed by atoms with E-state index in [1.165, 1.54) is 0 Å². The van der Waals surface area contributed by atoms with Crippen molar-refractivity contribution in [1.82, 2.24) is 10.3 Å². The van der Waals surface area contributed by atoms with E-state index in [-0.39, 0.29) is 12.5 Å². The molecule has 0 atom stereocenters. The van der Waals surface area contributed by atoms with E-state index in [0.717, 1.165) is 41.3 Å². The van der Waals surface area contributed by atoms with Crippen LogP contribution in [0.3, 0.4) is 0 Å². The first-order chi connectivity index (χ1) is 10.3. The zero-order valence-corrected chi connectivity index (χ0v) is 13.5. The maximum absolute atomic E-state index is 11.8. The standard InChI is InChI=1S/C15H20N2O2S2/c18-8-4-2-1-3-7-16-14(19)10-12-11-21-15(17-12)13-6-5-9-20-13/h5-6,9,11,18H,1-4,7-8,10H2,(H,16,19). The van der Waals surface area contributed by atoms with E-state index in [1.54, 1.807) is 22.7 Å². The predicted octanol–water partition coefficient (Wildman–Crippen LogP) is 3.08. The Morgan fingerprint density at radius 1 is 1.24 bits per heavy atom. The van der Waals surface area contributed by atoms with Crippen LogP contribution in [0.25, 0.3) is 9.88 Å². The molecule has 0 aromatic carbocycles. The van der Waals surface area contributed by atoms with Crippen LogP contribution in [-0.4, -0.2) is 29.1 Å². The van der Waals surface area contributed by atoms with Crippen LogP contribution in [0.15, 0.2) is 22.9 Å². The molecule has 2 aromatic heterocycles. The van der Waals surface area contributed by atoms with Gasteiger partial charge in [0.15, 0.2) is 0 Å². The first kappa shape index (κ1) is 16.1. The van der Waals surface area contributed by atoms with Crippen LogP contribution < -0.4 is 5.32 Å². The molecule has 0 aliphatic carbocycles. The maximum Gasteiger partial charge on any atom is 0.226 e. The zero-order valence-electron chi connectivity index (χ0n) is 11.9. The number of amides is 1. The maximum atomic E-state index is 11.8. The predicted molar refractivity (Wildman–Crippen MR) is 87.7 cm³/mol. The highest BCUT2D eigenvalue weighted by Gasteiger charge is 2.09. The Bertz CT molecular complexity index is 538. The molecule has 2 heterocycles. The van der Waals surface area contributed by atoms with Gasteiger partial charge >= 0.3 is 0 Å². The fraction of sp³-hybridized carbons (Fsp3) is 0.467. The average molecular weight is 324 g/mol. The minimum Gasteiger partial charge on any atom is -0.396 e. The summed E-state index contributed by atoms with van der Waals surface area (Å²) in [5.74, 6) is 0.0280. The van der Waals surface area contributed by atoms with E-state index < -0.39 is 0 Å². The molecule has 2 rings (SSSR count). The second-order valence-electron chi connectivity index (χ2n) is 4.79. The number of nitrogens with one attached hydrogen (secondary N) is 1. The summed E-state index contributed by atoms with van der Waals surface area (Å²) >= 11 is 3.24. The minimum atomic E-state index is 0.0280. The van der Waals surface area contributed by atoms with Gasteiger partial charge in [-0.2, -0.15) is 0 Å². The van der Waals surface area contributed by atoms with Gasteiger partial charge in [-0.15, -0.1) is 22.7 Å². The van der Waals surface area contributed by atoms with E-state index in [2.05, 4.69) is 10.3 Å². The second kappa shape index (κ2) is 8.92. The fourth-order valence-electron chi connectivity index (χ4n) is 1.95. The number of aromatic nitrogens is 1. The van der Waals surface area contributed by atoms with Crippen molar-refractivity contribution in [3.63, 3.8) is 0 Å². The lowest BCUT2D eigenvalue weighted by Gasteiger charge is -2.03. The summed E-state index contributed by atoms with van der Waals surface area (Å²) in [4.78, 5) is 17.5. The Labute approximate surface area is 132 Å². The van der Waals surface area contributed by atoms with Gasteiger partial charge in [0.1, 0.15) is 5.01 Å². The molecule has 0 spiro atoms. The molecule has 1 amide bonds. The SMILES string of the molecule is O=C(Cc1csc(-c2cccs2)n1)NCCCCCCO. The van der Waals surface area contributed by atoms with Gasteiger partial charge in [-0.3, -0.25) is 4.79 Å². The Kier molecular flexibility index (Phi) is 6.85. The molecule has 2 N–H and O–H groups in total. The van der Waals surface area contributed by atoms with Gasteiger partial charge in [-0.25, -0.2) is 4.98 Å². The Morgan fingerprint density at radius 3 is 2.86 bits per heavy atom. The van der Waals surface area contributed by atoms with E-state index >= 15 is 0 Å². The van der Waals surface area contributed by atoms with Crippen molar-refractivity contribution in [3.05, 3.63) is 28.6 Å². The number of aliphatic hydroxyl groups is 1. The average Bonchev–Trinajstić information content (AvgIpc) is 3.13. The molecule has 4 nitrogen and oxygen atoms in total. The monoisotopic (exact) mass is 324 g/mol. The molecule has 0 aliphatic rings. The lowest BCUT2D eigenvalue weighted by molar-refractivity contribution is -0.120. The topological polar surface area (TPSA) is 62.2 Å². The number of rotatable bonds is 9. The first-order valence-electron chi connectivity index (χ1n) is 7.15. The summed E-state index contributed by atoms with van der Waals surface area (Å²) in [5, 5.41) is 16.6. The number of thiazole rings is 1. The molecule has 21 heavy (non-hydrogen) atoms. The summed E-state index contributed by atoms with van der Waals surface area (Å²) in [6, 6.07) is 4.05. The van der Waals surface area contributed by atoms with E-state index in [0.29, 0.717) is 13.0 Å². The van der Waals surface area contributed by atoms with Gasteiger partial charge in [0, 0.05) is 18.5 Å². The van der Waals surface area contributed by atoms with Gasteiger partial charge in [-0.1, -0.05) is 18.9 Å². The number of unbranched alkanes of at least 4 members (excludes halogenated alkanes) is 3. The lowest BCUT2D eigenvalue weighted by Crippen LogP contribution is -2.26. The zero-order chi connectivity index (χ0) is 14.9. The van der Waals surface area contributed by atoms with Crippen LogP contribution in [0.2, 0.25) is 0 Å². The molecule has 0 saturated heterocycles. The van der Waals surface area contributed by atoms with Crippen molar-refractivity contribution >= 4 is 28.6 Å². The summed E-state index contributed by atoms with van der Waals surface area (Å²) < 4.78 is 0. The van der Waals surface area contributed by atoms with Gasteiger partial charge in [-0.05, 0) is 24.3 Å². The minimum absolute atomic E-state index is 0.0280. The van der Waals surface area contributed by atoms with Crippen molar-refractivity contribution in [2.24, 2.45) is 0 Å². The molecule has 0 saturated carbocycles. The number of hydrogen-bond acceptors (Lipinski definition) is 5. The number of thiophene rings is 1. The second-order valence-corrected chi connectivity index (χ2v) is 6.59. The van der Waals surface area contributed by atoms with Gasteiger partial charge in [0.25, 0.3) is 0 Å². The van der Waals surface area contributed by atoms with E-state index in [1.807, 2.05) is 22.9 Å². The van der Waals surface area contributed by atoms with E-state index in [4.69, 9.17) is 5.11 Å². The largest absolute Gasteiger partial charge is 0.396 e. The van der Waals surface area contributed by atoms with Gasteiger partial charge in [0.05, 0.1) is 17.0 Å². The van der Waals surface area contributed by atoms with Crippen LogP contribution >= 0.6 is 22.7 Å². The molecule has 0 fully saturated rings. The van der Waals surface area contributed by atoms with Crippen LogP contribution in [0.1, 0.15) is 31.4 Å². The summed E-state index contributed by atoms with van der Waals surface area (Å²) in [6.07, 6.45) is 4.21. The quantitative estimate of drug-likeness (QED) is 0.697. The summed E-state index contributed by atoms with van der Waals surface area (Å²) in [5.41, 5.74) is 0.834. The number of carbonyl (C=O) groups excluding carboxylic acids is 1. The Morgan fingerprint density at radius 2 is 2.10 bits per heavy atom. The molecule has 0 aliphatic heterocycles. The third kappa shape index (κ3) is 5.57. The van der Waals surface area contributed by atoms with Crippen LogP contribution in [0.4, 0.5) is 0 Å². The summed E-state index contributed by atoms with van der Waals surface area (Å²) in [7, 11) is 0. The number of nitrogens with zero attached hydrogens (tertiary/aromatic N) is 1. The molecular weight excluding hydrogens is 304 g/mol. The highest BCUT2D eigenvalue weighted by molar-refractivity contribution is 7.20. The Balaban J connectivity index is 1.68. The van der Waals surface area contributed by atoms with Gasteiger partial charge < -0.3 is 10.4 Å². The lowest BCUT2D eigenvalue weighted by atomic mass is 10.2. The number of aliphatic hydroxyl groups excluding tert-OH is 1. The van der Waals surface area contributed by atoms with Crippen LogP contribution in [0.5, 0.6) is 0 Å². The molecule has 2 aromatic rings. The van der Waals surface area contributed by atoms with Crippen molar-refractivity contribution in [2.75, 3.05) is 13.2 Å².